The number of furan rings is 1. The van der Waals surface area contributed by atoms with Gasteiger partial charge in [-0.1, -0.05) is 23.4 Å². The van der Waals surface area contributed by atoms with Gasteiger partial charge in [-0.05, 0) is 42.2 Å². The first-order chi connectivity index (χ1) is 14.7. The summed E-state index contributed by atoms with van der Waals surface area (Å²) in [5.41, 5.74) is 5.49. The third kappa shape index (κ3) is 3.27. The number of amides is 1. The molecular weight excluding hydrogens is 382 g/mol. The van der Waals surface area contributed by atoms with Crippen molar-refractivity contribution in [1.82, 2.24) is 9.88 Å². The molecule has 3 heterocycles. The lowest BCUT2D eigenvalue weighted by Crippen LogP contribution is -2.40. The Bertz CT molecular complexity index is 1110. The summed E-state index contributed by atoms with van der Waals surface area (Å²) in [7, 11) is 0. The zero-order valence-electron chi connectivity index (χ0n) is 16.4. The summed E-state index contributed by atoms with van der Waals surface area (Å²) in [4.78, 5) is 18.9. The summed E-state index contributed by atoms with van der Waals surface area (Å²) in [6, 6.07) is 11.6. The number of aryl methyl sites for hydroxylation is 1. The molecule has 0 radical (unpaired) electrons. The van der Waals surface area contributed by atoms with Gasteiger partial charge in [0.25, 0.3) is 5.91 Å². The molecule has 1 N–H and O–H groups in total. The summed E-state index contributed by atoms with van der Waals surface area (Å²) < 4.78 is 11.5. The summed E-state index contributed by atoms with van der Waals surface area (Å²) >= 11 is 0. The smallest absolute Gasteiger partial charge is 0.289 e. The van der Waals surface area contributed by atoms with Crippen LogP contribution in [0.15, 0.2) is 58.4 Å². The second-order valence-corrected chi connectivity index (χ2v) is 7.41. The number of fused-ring (bicyclic) bond motifs is 1. The number of oxime groups is 1. The summed E-state index contributed by atoms with van der Waals surface area (Å²) in [5.74, 6) is 0.829. The van der Waals surface area contributed by atoms with E-state index < -0.39 is 0 Å². The first-order valence-electron chi connectivity index (χ1n) is 10.0. The predicted octanol–water partition coefficient (Wildman–Crippen LogP) is 3.61. The minimum Gasteiger partial charge on any atom is -0.450 e. The van der Waals surface area contributed by atoms with Crippen LogP contribution in [0.4, 0.5) is 0 Å². The van der Waals surface area contributed by atoms with Gasteiger partial charge in [-0.2, -0.15) is 0 Å². The maximum atomic E-state index is 13.0. The molecule has 1 aliphatic heterocycles. The van der Waals surface area contributed by atoms with E-state index in [9.17, 15) is 10.0 Å². The molecule has 2 aromatic heterocycles. The number of nitrogens with zero attached hydrogens (tertiary/aromatic N) is 3. The van der Waals surface area contributed by atoms with E-state index in [-0.39, 0.29) is 5.91 Å². The maximum absolute atomic E-state index is 13.0. The normalized spacial score (nSPS) is 17.3. The van der Waals surface area contributed by atoms with Crippen LogP contribution in [0, 0.1) is 0 Å². The molecule has 1 saturated heterocycles. The molecule has 1 amide bonds. The summed E-state index contributed by atoms with van der Waals surface area (Å²) in [6.07, 6.45) is 4.96. The topological polar surface area (TPSA) is 88.2 Å². The van der Waals surface area contributed by atoms with Crippen LogP contribution in [0.1, 0.15) is 28.1 Å². The van der Waals surface area contributed by atoms with Gasteiger partial charge in [0.1, 0.15) is 5.76 Å². The molecule has 0 unspecified atom stereocenters. The minimum absolute atomic E-state index is 0.129. The van der Waals surface area contributed by atoms with Crippen LogP contribution in [0.5, 0.6) is 0 Å². The van der Waals surface area contributed by atoms with Crippen molar-refractivity contribution >= 4 is 11.6 Å². The second kappa shape index (κ2) is 7.76. The van der Waals surface area contributed by atoms with E-state index in [0.29, 0.717) is 43.5 Å². The van der Waals surface area contributed by atoms with E-state index in [2.05, 4.69) is 16.2 Å². The summed E-state index contributed by atoms with van der Waals surface area (Å²) in [5, 5.41) is 12.6. The summed E-state index contributed by atoms with van der Waals surface area (Å²) in [6.45, 7) is 2.19. The van der Waals surface area contributed by atoms with Crippen molar-refractivity contribution in [3.63, 3.8) is 0 Å². The second-order valence-electron chi connectivity index (χ2n) is 7.41. The lowest BCUT2D eigenvalue weighted by molar-refractivity contribution is 0.0283. The van der Waals surface area contributed by atoms with Crippen molar-refractivity contribution < 1.29 is 19.2 Å². The zero-order chi connectivity index (χ0) is 20.5. The molecule has 7 heteroatoms. The molecule has 1 aliphatic carbocycles. The molecule has 0 spiro atoms. The maximum Gasteiger partial charge on any atom is 0.289 e. The van der Waals surface area contributed by atoms with Gasteiger partial charge in [0.05, 0.1) is 18.9 Å². The molecule has 5 rings (SSSR count). The van der Waals surface area contributed by atoms with Crippen LogP contribution >= 0.6 is 0 Å². The fourth-order valence-electron chi connectivity index (χ4n) is 4.09. The number of hydrogen-bond donors (Lipinski definition) is 1. The van der Waals surface area contributed by atoms with Crippen LogP contribution in [0.25, 0.3) is 22.5 Å². The Morgan fingerprint density at radius 2 is 1.80 bits per heavy atom. The zero-order valence-corrected chi connectivity index (χ0v) is 16.4. The number of benzene rings is 1. The van der Waals surface area contributed by atoms with Crippen LogP contribution in [0.3, 0.4) is 0 Å². The highest BCUT2D eigenvalue weighted by atomic mass is 16.5. The number of aromatic nitrogens is 1. The van der Waals surface area contributed by atoms with Gasteiger partial charge < -0.3 is 19.3 Å². The lowest BCUT2D eigenvalue weighted by atomic mass is 9.98. The van der Waals surface area contributed by atoms with Crippen LogP contribution < -0.4 is 0 Å². The molecule has 30 heavy (non-hydrogen) atoms. The monoisotopic (exact) mass is 403 g/mol. The molecule has 1 fully saturated rings. The molecule has 0 saturated carbocycles. The van der Waals surface area contributed by atoms with Crippen molar-refractivity contribution in [2.75, 3.05) is 26.3 Å². The highest BCUT2D eigenvalue weighted by Crippen LogP contribution is 2.37. The largest absolute Gasteiger partial charge is 0.450 e. The van der Waals surface area contributed by atoms with Crippen LogP contribution in [-0.2, 0) is 11.2 Å². The third-order valence-corrected chi connectivity index (χ3v) is 5.66. The Morgan fingerprint density at radius 1 is 1.00 bits per heavy atom. The van der Waals surface area contributed by atoms with Gasteiger partial charge >= 0.3 is 0 Å². The fourth-order valence-corrected chi connectivity index (χ4v) is 4.09. The fraction of sp³-hybridized carbons (Fsp3) is 0.261. The highest BCUT2D eigenvalue weighted by Gasteiger charge is 2.26. The van der Waals surface area contributed by atoms with E-state index in [0.717, 1.165) is 40.7 Å². The van der Waals surface area contributed by atoms with Crippen molar-refractivity contribution in [3.05, 3.63) is 65.7 Å². The van der Waals surface area contributed by atoms with Crippen molar-refractivity contribution in [2.24, 2.45) is 5.16 Å². The number of pyridine rings is 1. The molecule has 1 aromatic carbocycles. The van der Waals surface area contributed by atoms with Crippen LogP contribution in [0.2, 0.25) is 0 Å². The standard InChI is InChI=1S/C23H21N3O4/c27-23(26-9-11-29-12-10-26)21-14-19(22(30-21)15-5-7-24-8-6-15)17-1-3-18-16(13-17)2-4-20(18)25-28/h1,3,5-8,13-14,28H,2,4,9-12H2. The van der Waals surface area contributed by atoms with Gasteiger partial charge in [0.15, 0.2) is 5.76 Å². The van der Waals surface area contributed by atoms with E-state index in [1.54, 1.807) is 17.3 Å². The lowest BCUT2D eigenvalue weighted by Gasteiger charge is -2.25. The Morgan fingerprint density at radius 3 is 2.57 bits per heavy atom. The van der Waals surface area contributed by atoms with E-state index in [1.165, 1.54) is 0 Å². The predicted molar refractivity (Wildman–Crippen MR) is 111 cm³/mol. The van der Waals surface area contributed by atoms with E-state index in [1.807, 2.05) is 30.3 Å². The number of carbonyl (C=O) groups excluding carboxylic acids is 1. The van der Waals surface area contributed by atoms with Gasteiger partial charge in [0, 0.05) is 42.2 Å². The van der Waals surface area contributed by atoms with E-state index >= 15 is 0 Å². The first kappa shape index (κ1) is 18.6. The van der Waals surface area contributed by atoms with Crippen molar-refractivity contribution in [3.8, 4) is 22.5 Å². The Kier molecular flexibility index (Phi) is 4.80. The average Bonchev–Trinajstić information content (AvgIpc) is 3.44. The molecule has 2 aliphatic rings. The Hall–Kier alpha value is -3.45. The quantitative estimate of drug-likeness (QED) is 0.533. The van der Waals surface area contributed by atoms with Crippen molar-refractivity contribution in [2.45, 2.75) is 12.8 Å². The minimum atomic E-state index is -0.129. The number of hydrogen-bond acceptors (Lipinski definition) is 6. The Labute approximate surface area is 173 Å². The molecule has 7 nitrogen and oxygen atoms in total. The number of morpholine rings is 1. The van der Waals surface area contributed by atoms with Crippen molar-refractivity contribution in [1.29, 1.82) is 0 Å². The van der Waals surface area contributed by atoms with E-state index in [4.69, 9.17) is 9.15 Å². The molecule has 152 valence electrons. The Balaban J connectivity index is 1.58. The van der Waals surface area contributed by atoms with Gasteiger partial charge in [0.2, 0.25) is 0 Å². The molecule has 3 aromatic rings. The highest BCUT2D eigenvalue weighted by molar-refractivity contribution is 6.05. The molecule has 0 atom stereocenters. The third-order valence-electron chi connectivity index (χ3n) is 5.66. The van der Waals surface area contributed by atoms with Crippen LogP contribution in [-0.4, -0.2) is 53.0 Å². The average molecular weight is 403 g/mol. The number of rotatable bonds is 3. The molecular formula is C23H21N3O4. The van der Waals surface area contributed by atoms with Gasteiger partial charge in [-0.25, -0.2) is 0 Å². The molecule has 0 bridgehead atoms. The van der Waals surface area contributed by atoms with Gasteiger partial charge in [-0.3, -0.25) is 9.78 Å². The SMILES string of the molecule is O=C(c1cc(-c2ccc3c(c2)CCC3=NO)c(-c2ccncc2)o1)N1CCOCC1. The first-order valence-corrected chi connectivity index (χ1v) is 10.0. The number of carbonyl (C=O) groups is 1. The van der Waals surface area contributed by atoms with Gasteiger partial charge in [-0.15, -0.1) is 0 Å². The number of ether oxygens (including phenoxy) is 1.